The lowest BCUT2D eigenvalue weighted by Crippen LogP contribution is -2.19. The molecule has 3 atom stereocenters. The van der Waals surface area contributed by atoms with E-state index in [-0.39, 0.29) is 5.38 Å². The molecule has 1 fully saturated rings. The Balaban J connectivity index is 2.15. The Morgan fingerprint density at radius 2 is 2.20 bits per heavy atom. The van der Waals surface area contributed by atoms with Crippen molar-refractivity contribution in [1.82, 2.24) is 9.55 Å². The molecule has 0 spiro atoms. The maximum Gasteiger partial charge on any atom is 0.128 e. The number of para-hydroxylation sites is 1. The van der Waals surface area contributed by atoms with Crippen molar-refractivity contribution in [2.45, 2.75) is 31.7 Å². The summed E-state index contributed by atoms with van der Waals surface area (Å²) in [6.45, 7) is 5.81. The molecule has 1 aromatic carbocycles. The second-order valence-corrected chi connectivity index (χ2v) is 6.49. The highest BCUT2D eigenvalue weighted by Crippen LogP contribution is 2.35. The van der Waals surface area contributed by atoms with Gasteiger partial charge in [0.25, 0.3) is 0 Å². The number of fused-ring (bicyclic) bond motifs is 1. The van der Waals surface area contributed by atoms with E-state index >= 15 is 0 Å². The van der Waals surface area contributed by atoms with Crippen LogP contribution < -0.4 is 0 Å². The summed E-state index contributed by atoms with van der Waals surface area (Å²) in [5.41, 5.74) is 1.89. The standard InChI is InChI=1S/C15H18Cl2N2O/c1-9(16)15-18-14-12(17)4-3-5-13(14)19(15)10(2)11-6-7-20-8-11/h3-5,9-11H,6-8H2,1-2H3. The summed E-state index contributed by atoms with van der Waals surface area (Å²) in [6, 6.07) is 6.19. The average Bonchev–Trinajstić information content (AvgIpc) is 3.06. The minimum absolute atomic E-state index is 0.150. The van der Waals surface area contributed by atoms with Crippen molar-refractivity contribution in [1.29, 1.82) is 0 Å². The smallest absolute Gasteiger partial charge is 0.128 e. The van der Waals surface area contributed by atoms with Crippen LogP contribution in [0, 0.1) is 5.92 Å². The molecule has 0 amide bonds. The zero-order chi connectivity index (χ0) is 14.3. The molecule has 20 heavy (non-hydrogen) atoms. The molecule has 5 heteroatoms. The van der Waals surface area contributed by atoms with E-state index in [1.54, 1.807) is 0 Å². The van der Waals surface area contributed by atoms with E-state index < -0.39 is 0 Å². The fraction of sp³-hybridized carbons (Fsp3) is 0.533. The van der Waals surface area contributed by atoms with E-state index in [0.29, 0.717) is 17.0 Å². The maximum absolute atomic E-state index is 6.33. The predicted molar refractivity (Wildman–Crippen MR) is 82.6 cm³/mol. The fourth-order valence-corrected chi connectivity index (χ4v) is 3.32. The first-order valence-corrected chi connectivity index (χ1v) is 7.79. The second kappa shape index (κ2) is 5.55. The Morgan fingerprint density at radius 1 is 1.40 bits per heavy atom. The summed E-state index contributed by atoms with van der Waals surface area (Å²) in [7, 11) is 0. The van der Waals surface area contributed by atoms with Gasteiger partial charge >= 0.3 is 0 Å². The summed E-state index contributed by atoms with van der Waals surface area (Å²) in [5.74, 6) is 1.38. The fourth-order valence-electron chi connectivity index (χ4n) is 2.95. The molecule has 1 aliphatic heterocycles. The Labute approximate surface area is 128 Å². The molecule has 0 radical (unpaired) electrons. The van der Waals surface area contributed by atoms with Gasteiger partial charge in [-0.05, 0) is 32.4 Å². The third-order valence-corrected chi connectivity index (χ3v) is 4.61. The van der Waals surface area contributed by atoms with E-state index in [1.807, 2.05) is 19.1 Å². The normalized spacial score (nSPS) is 22.3. The van der Waals surface area contributed by atoms with Crippen LogP contribution in [0.15, 0.2) is 18.2 Å². The van der Waals surface area contributed by atoms with E-state index in [9.17, 15) is 0 Å². The molecule has 1 aromatic heterocycles. The molecule has 0 aliphatic carbocycles. The highest BCUT2D eigenvalue weighted by atomic mass is 35.5. The van der Waals surface area contributed by atoms with Gasteiger partial charge in [0.1, 0.15) is 11.3 Å². The highest BCUT2D eigenvalue weighted by molar-refractivity contribution is 6.35. The lowest BCUT2D eigenvalue weighted by atomic mass is 10.00. The number of alkyl halides is 1. The first-order valence-electron chi connectivity index (χ1n) is 6.97. The van der Waals surface area contributed by atoms with Gasteiger partial charge in [-0.15, -0.1) is 11.6 Å². The topological polar surface area (TPSA) is 27.1 Å². The van der Waals surface area contributed by atoms with Crippen LogP contribution in [0.5, 0.6) is 0 Å². The van der Waals surface area contributed by atoms with Gasteiger partial charge in [-0.1, -0.05) is 17.7 Å². The lowest BCUT2D eigenvalue weighted by molar-refractivity contribution is 0.175. The maximum atomic E-state index is 6.33. The molecule has 1 aliphatic rings. The van der Waals surface area contributed by atoms with Gasteiger partial charge in [0.2, 0.25) is 0 Å². The van der Waals surface area contributed by atoms with Crippen molar-refractivity contribution in [3.63, 3.8) is 0 Å². The van der Waals surface area contributed by atoms with Crippen LogP contribution in [0.3, 0.4) is 0 Å². The third-order valence-electron chi connectivity index (χ3n) is 4.11. The van der Waals surface area contributed by atoms with Crippen molar-refractivity contribution >= 4 is 34.2 Å². The Hall–Kier alpha value is -0.770. The van der Waals surface area contributed by atoms with Crippen LogP contribution in [0.4, 0.5) is 0 Å². The molecule has 3 unspecified atom stereocenters. The molecule has 0 saturated carbocycles. The van der Waals surface area contributed by atoms with Crippen LogP contribution in [0.1, 0.15) is 37.5 Å². The van der Waals surface area contributed by atoms with Crippen molar-refractivity contribution < 1.29 is 4.74 Å². The monoisotopic (exact) mass is 312 g/mol. The summed E-state index contributed by atoms with van der Waals surface area (Å²) in [5, 5.41) is 0.526. The molecule has 2 heterocycles. The Bertz CT molecular complexity index is 618. The Morgan fingerprint density at radius 3 is 2.85 bits per heavy atom. The summed E-state index contributed by atoms with van der Waals surface area (Å²) in [4.78, 5) is 4.66. The van der Waals surface area contributed by atoms with Crippen LogP contribution in [0.25, 0.3) is 11.0 Å². The Kier molecular flexibility index (Phi) is 3.93. The number of hydrogen-bond acceptors (Lipinski definition) is 2. The van der Waals surface area contributed by atoms with E-state index in [1.165, 1.54) is 0 Å². The van der Waals surface area contributed by atoms with Gasteiger partial charge < -0.3 is 9.30 Å². The first kappa shape index (κ1) is 14.2. The van der Waals surface area contributed by atoms with E-state index in [2.05, 4.69) is 22.5 Å². The summed E-state index contributed by atoms with van der Waals surface area (Å²) in [6.07, 6.45) is 1.08. The number of rotatable bonds is 3. The van der Waals surface area contributed by atoms with Gasteiger partial charge in [-0.3, -0.25) is 0 Å². The first-order chi connectivity index (χ1) is 9.59. The molecule has 3 rings (SSSR count). The largest absolute Gasteiger partial charge is 0.381 e. The third kappa shape index (κ3) is 2.32. The van der Waals surface area contributed by atoms with Crippen LogP contribution in [-0.2, 0) is 4.74 Å². The molecular weight excluding hydrogens is 295 g/mol. The number of ether oxygens (including phenoxy) is 1. The number of hydrogen-bond donors (Lipinski definition) is 0. The summed E-state index contributed by atoms with van der Waals surface area (Å²) < 4.78 is 7.75. The van der Waals surface area contributed by atoms with Gasteiger partial charge in [-0.25, -0.2) is 4.98 Å². The van der Waals surface area contributed by atoms with Crippen molar-refractivity contribution in [3.05, 3.63) is 29.0 Å². The number of benzene rings is 1. The quantitative estimate of drug-likeness (QED) is 0.775. The van der Waals surface area contributed by atoms with Gasteiger partial charge in [0, 0.05) is 18.6 Å². The minimum atomic E-state index is -0.150. The van der Waals surface area contributed by atoms with Crippen LogP contribution in [0.2, 0.25) is 5.02 Å². The zero-order valence-corrected chi connectivity index (χ0v) is 13.2. The molecular formula is C15H18Cl2N2O. The highest BCUT2D eigenvalue weighted by Gasteiger charge is 2.28. The molecule has 3 nitrogen and oxygen atoms in total. The lowest BCUT2D eigenvalue weighted by Gasteiger charge is -2.23. The van der Waals surface area contributed by atoms with Gasteiger partial charge in [0.05, 0.1) is 22.5 Å². The SMILES string of the molecule is CC(Cl)c1nc2c(Cl)cccc2n1C(C)C1CCOC1. The second-order valence-electron chi connectivity index (χ2n) is 5.43. The van der Waals surface area contributed by atoms with Crippen LogP contribution in [-0.4, -0.2) is 22.8 Å². The molecule has 0 N–H and O–H groups in total. The minimum Gasteiger partial charge on any atom is -0.381 e. The molecule has 2 aromatic rings. The molecule has 0 bridgehead atoms. The molecule has 108 valence electrons. The summed E-state index contributed by atoms with van der Waals surface area (Å²) >= 11 is 12.6. The van der Waals surface area contributed by atoms with E-state index in [0.717, 1.165) is 36.5 Å². The number of nitrogens with zero attached hydrogens (tertiary/aromatic N) is 2. The van der Waals surface area contributed by atoms with Crippen molar-refractivity contribution in [2.75, 3.05) is 13.2 Å². The zero-order valence-electron chi connectivity index (χ0n) is 11.6. The van der Waals surface area contributed by atoms with E-state index in [4.69, 9.17) is 27.9 Å². The molecule has 1 saturated heterocycles. The van der Waals surface area contributed by atoms with Gasteiger partial charge in [0.15, 0.2) is 0 Å². The van der Waals surface area contributed by atoms with Crippen molar-refractivity contribution in [2.24, 2.45) is 5.92 Å². The number of aromatic nitrogens is 2. The van der Waals surface area contributed by atoms with Crippen molar-refractivity contribution in [3.8, 4) is 0 Å². The number of imidazole rings is 1. The predicted octanol–water partition coefficient (Wildman–Crippen LogP) is 4.59. The average molecular weight is 313 g/mol. The van der Waals surface area contributed by atoms with Gasteiger partial charge in [-0.2, -0.15) is 0 Å². The number of halogens is 2. The van der Waals surface area contributed by atoms with Crippen LogP contribution >= 0.6 is 23.2 Å².